The molecule has 0 fully saturated rings. The van der Waals surface area contributed by atoms with Crippen molar-refractivity contribution in [1.82, 2.24) is 9.71 Å². The van der Waals surface area contributed by atoms with Gasteiger partial charge >= 0.3 is 0 Å². The Bertz CT molecular complexity index is 917. The highest BCUT2D eigenvalue weighted by atomic mass is 32.2. The van der Waals surface area contributed by atoms with E-state index in [-0.39, 0.29) is 12.3 Å². The van der Waals surface area contributed by atoms with Gasteiger partial charge in [0.15, 0.2) is 10.8 Å². The second kappa shape index (κ2) is 6.84. The minimum absolute atomic E-state index is 0.160. The van der Waals surface area contributed by atoms with Crippen molar-refractivity contribution in [3.05, 3.63) is 64.6 Å². The van der Waals surface area contributed by atoms with Crippen LogP contribution < -0.4 is 4.72 Å². The van der Waals surface area contributed by atoms with Crippen LogP contribution in [0.3, 0.4) is 0 Å². The van der Waals surface area contributed by atoms with Crippen molar-refractivity contribution >= 4 is 21.4 Å². The molecule has 0 radical (unpaired) electrons. The standard InChI is InChI=1S/C16H15FN2O3S2/c1-11-15(23-16(19-11)14-3-2-8-22-14)9-18-24(20,21)10-12-4-6-13(17)7-5-12/h2-8,18H,9-10H2,1H3. The summed E-state index contributed by atoms with van der Waals surface area (Å²) in [4.78, 5) is 5.22. The van der Waals surface area contributed by atoms with Crippen molar-refractivity contribution < 1.29 is 17.2 Å². The number of nitrogens with one attached hydrogen (secondary N) is 1. The number of benzene rings is 1. The molecule has 126 valence electrons. The lowest BCUT2D eigenvalue weighted by molar-refractivity contribution is 0.580. The molecule has 0 saturated carbocycles. The molecule has 5 nitrogen and oxygen atoms in total. The molecule has 2 heterocycles. The van der Waals surface area contributed by atoms with E-state index in [1.165, 1.54) is 35.6 Å². The normalized spacial score (nSPS) is 11.8. The first-order valence-electron chi connectivity index (χ1n) is 7.15. The highest BCUT2D eigenvalue weighted by Gasteiger charge is 2.15. The smallest absolute Gasteiger partial charge is 0.216 e. The molecule has 2 aromatic heterocycles. The molecular weight excluding hydrogens is 351 g/mol. The summed E-state index contributed by atoms with van der Waals surface area (Å²) in [6.45, 7) is 1.99. The van der Waals surface area contributed by atoms with Crippen LogP contribution >= 0.6 is 11.3 Å². The Labute approximate surface area is 143 Å². The number of furan rings is 1. The summed E-state index contributed by atoms with van der Waals surface area (Å²) in [6.07, 6.45) is 1.57. The molecule has 0 aliphatic carbocycles. The van der Waals surface area contributed by atoms with E-state index in [2.05, 4.69) is 9.71 Å². The largest absolute Gasteiger partial charge is 0.462 e. The summed E-state index contributed by atoms with van der Waals surface area (Å²) < 4.78 is 45.1. The van der Waals surface area contributed by atoms with Gasteiger partial charge in [0, 0.05) is 11.4 Å². The van der Waals surface area contributed by atoms with Crippen LogP contribution in [0.2, 0.25) is 0 Å². The molecule has 0 unspecified atom stereocenters. The number of aromatic nitrogens is 1. The predicted octanol–water partition coefficient (Wildman–Crippen LogP) is 3.47. The van der Waals surface area contributed by atoms with E-state index in [0.29, 0.717) is 16.3 Å². The third-order valence-electron chi connectivity index (χ3n) is 3.35. The molecule has 0 bridgehead atoms. The lowest BCUT2D eigenvalue weighted by Crippen LogP contribution is -2.24. The molecule has 24 heavy (non-hydrogen) atoms. The van der Waals surface area contributed by atoms with E-state index in [0.717, 1.165) is 10.6 Å². The number of thiazole rings is 1. The van der Waals surface area contributed by atoms with Crippen LogP contribution in [0, 0.1) is 12.7 Å². The number of hydrogen-bond donors (Lipinski definition) is 1. The van der Waals surface area contributed by atoms with Crippen molar-refractivity contribution in [1.29, 1.82) is 0 Å². The molecular formula is C16H15FN2O3S2. The fourth-order valence-electron chi connectivity index (χ4n) is 2.12. The zero-order chi connectivity index (χ0) is 17.2. The first kappa shape index (κ1) is 16.8. The van der Waals surface area contributed by atoms with Crippen LogP contribution in [0.5, 0.6) is 0 Å². The van der Waals surface area contributed by atoms with Gasteiger partial charge in [-0.2, -0.15) is 0 Å². The number of rotatable bonds is 6. The van der Waals surface area contributed by atoms with Crippen molar-refractivity contribution in [3.8, 4) is 10.8 Å². The van der Waals surface area contributed by atoms with Crippen LogP contribution in [-0.4, -0.2) is 13.4 Å². The first-order chi connectivity index (χ1) is 11.4. The van der Waals surface area contributed by atoms with E-state index >= 15 is 0 Å². The molecule has 0 aliphatic rings. The Morgan fingerprint density at radius 2 is 2.00 bits per heavy atom. The fourth-order valence-corrected chi connectivity index (χ4v) is 4.28. The zero-order valence-electron chi connectivity index (χ0n) is 12.8. The average Bonchev–Trinajstić information content (AvgIpc) is 3.17. The lowest BCUT2D eigenvalue weighted by atomic mass is 10.2. The molecule has 1 aromatic carbocycles. The Morgan fingerprint density at radius 3 is 2.67 bits per heavy atom. The number of sulfonamides is 1. The summed E-state index contributed by atoms with van der Waals surface area (Å²) >= 11 is 1.38. The summed E-state index contributed by atoms with van der Waals surface area (Å²) in [5.74, 6) is 0.0641. The van der Waals surface area contributed by atoms with E-state index in [1.807, 2.05) is 6.92 Å². The molecule has 3 aromatic rings. The molecule has 0 saturated heterocycles. The van der Waals surface area contributed by atoms with Crippen LogP contribution in [-0.2, 0) is 22.3 Å². The summed E-state index contributed by atoms with van der Waals surface area (Å²) in [5, 5.41) is 0.713. The Kier molecular flexibility index (Phi) is 4.79. The third kappa shape index (κ3) is 4.08. The maximum Gasteiger partial charge on any atom is 0.216 e. The van der Waals surface area contributed by atoms with Gasteiger partial charge in [0.2, 0.25) is 10.0 Å². The van der Waals surface area contributed by atoms with Crippen LogP contribution in [0.1, 0.15) is 16.1 Å². The molecule has 3 rings (SSSR count). The van der Waals surface area contributed by atoms with Crippen molar-refractivity contribution in [2.24, 2.45) is 0 Å². The fraction of sp³-hybridized carbons (Fsp3) is 0.188. The van der Waals surface area contributed by atoms with Crippen molar-refractivity contribution in [2.75, 3.05) is 0 Å². The molecule has 0 spiro atoms. The number of hydrogen-bond acceptors (Lipinski definition) is 5. The lowest BCUT2D eigenvalue weighted by Gasteiger charge is -2.06. The van der Waals surface area contributed by atoms with Crippen molar-refractivity contribution in [2.45, 2.75) is 19.2 Å². The molecule has 8 heteroatoms. The van der Waals surface area contributed by atoms with Gasteiger partial charge in [-0.05, 0) is 36.8 Å². The van der Waals surface area contributed by atoms with Gasteiger partial charge in [-0.3, -0.25) is 0 Å². The van der Waals surface area contributed by atoms with E-state index < -0.39 is 15.8 Å². The van der Waals surface area contributed by atoms with Gasteiger partial charge in [-0.15, -0.1) is 11.3 Å². The van der Waals surface area contributed by atoms with Crippen LogP contribution in [0.15, 0.2) is 47.1 Å². The predicted molar refractivity (Wildman–Crippen MR) is 90.4 cm³/mol. The summed E-state index contributed by atoms with van der Waals surface area (Å²) in [7, 11) is -3.52. The second-order valence-corrected chi connectivity index (χ2v) is 8.10. The topological polar surface area (TPSA) is 72.2 Å². The van der Waals surface area contributed by atoms with Gasteiger partial charge in [0.05, 0.1) is 17.7 Å². The molecule has 0 aliphatic heterocycles. The highest BCUT2D eigenvalue weighted by Crippen LogP contribution is 2.28. The quantitative estimate of drug-likeness (QED) is 0.725. The Hall–Kier alpha value is -2.03. The van der Waals surface area contributed by atoms with E-state index in [4.69, 9.17) is 4.42 Å². The third-order valence-corrected chi connectivity index (χ3v) is 5.82. The van der Waals surface area contributed by atoms with Gasteiger partial charge in [-0.25, -0.2) is 22.5 Å². The van der Waals surface area contributed by atoms with E-state index in [1.54, 1.807) is 18.4 Å². The van der Waals surface area contributed by atoms with Crippen LogP contribution in [0.4, 0.5) is 4.39 Å². The Balaban J connectivity index is 1.67. The van der Waals surface area contributed by atoms with Gasteiger partial charge < -0.3 is 4.42 Å². The monoisotopic (exact) mass is 366 g/mol. The summed E-state index contributed by atoms with van der Waals surface area (Å²) in [6, 6.07) is 8.99. The van der Waals surface area contributed by atoms with Gasteiger partial charge in [0.1, 0.15) is 5.82 Å². The second-order valence-electron chi connectivity index (χ2n) is 5.21. The molecule has 0 atom stereocenters. The highest BCUT2D eigenvalue weighted by molar-refractivity contribution is 7.88. The van der Waals surface area contributed by atoms with Crippen LogP contribution in [0.25, 0.3) is 10.8 Å². The molecule has 1 N–H and O–H groups in total. The van der Waals surface area contributed by atoms with Gasteiger partial charge in [-0.1, -0.05) is 12.1 Å². The average molecular weight is 366 g/mol. The SMILES string of the molecule is Cc1nc(-c2ccco2)sc1CNS(=O)(=O)Cc1ccc(F)cc1. The number of halogens is 1. The minimum Gasteiger partial charge on any atom is -0.462 e. The summed E-state index contributed by atoms with van der Waals surface area (Å²) in [5.41, 5.74) is 1.29. The minimum atomic E-state index is -3.52. The maximum absolute atomic E-state index is 12.9. The van der Waals surface area contributed by atoms with E-state index in [9.17, 15) is 12.8 Å². The number of aryl methyl sites for hydroxylation is 1. The first-order valence-corrected chi connectivity index (χ1v) is 9.62. The Morgan fingerprint density at radius 1 is 1.25 bits per heavy atom. The maximum atomic E-state index is 12.9. The zero-order valence-corrected chi connectivity index (χ0v) is 14.5. The van der Waals surface area contributed by atoms with Crippen molar-refractivity contribution in [3.63, 3.8) is 0 Å². The van der Waals surface area contributed by atoms with Gasteiger partial charge in [0.25, 0.3) is 0 Å². The molecule has 0 amide bonds. The number of nitrogens with zero attached hydrogens (tertiary/aromatic N) is 1.